The van der Waals surface area contributed by atoms with Crippen molar-refractivity contribution in [2.45, 2.75) is 12.5 Å². The summed E-state index contributed by atoms with van der Waals surface area (Å²) in [6.07, 6.45) is 3.01. The summed E-state index contributed by atoms with van der Waals surface area (Å²) in [5.74, 6) is 0.900. The highest BCUT2D eigenvalue weighted by atomic mass is 35.5. The van der Waals surface area contributed by atoms with Gasteiger partial charge < -0.3 is 10.1 Å². The van der Waals surface area contributed by atoms with Crippen molar-refractivity contribution in [2.75, 3.05) is 13.7 Å². The summed E-state index contributed by atoms with van der Waals surface area (Å²) in [5, 5.41) is 4.49. The van der Waals surface area contributed by atoms with E-state index in [1.165, 1.54) is 0 Å². The van der Waals surface area contributed by atoms with E-state index in [1.807, 2.05) is 25.2 Å². The van der Waals surface area contributed by atoms with Gasteiger partial charge in [-0.15, -0.1) is 0 Å². The molecule has 0 aromatic heterocycles. The van der Waals surface area contributed by atoms with E-state index < -0.39 is 0 Å². The van der Waals surface area contributed by atoms with E-state index in [9.17, 15) is 0 Å². The lowest BCUT2D eigenvalue weighted by Crippen LogP contribution is -2.19. The quantitative estimate of drug-likeness (QED) is 0.895. The predicted octanol–water partition coefficient (Wildman–Crippen LogP) is 3.56. The molecule has 1 aromatic rings. The van der Waals surface area contributed by atoms with Gasteiger partial charge in [0.25, 0.3) is 0 Å². The fourth-order valence-electron chi connectivity index (χ4n) is 1.85. The van der Waals surface area contributed by atoms with Gasteiger partial charge in [0.05, 0.1) is 12.6 Å². The third-order valence-corrected chi connectivity index (χ3v) is 3.25. The summed E-state index contributed by atoms with van der Waals surface area (Å²) >= 11 is 12.3. The molecule has 0 bridgehead atoms. The molecule has 0 saturated carbocycles. The Morgan fingerprint density at radius 3 is 2.50 bits per heavy atom. The van der Waals surface area contributed by atoms with Crippen LogP contribution in [0.25, 0.3) is 0 Å². The first-order valence-corrected chi connectivity index (χ1v) is 5.93. The van der Waals surface area contributed by atoms with Gasteiger partial charge in [-0.3, -0.25) is 0 Å². The maximum atomic E-state index is 6.17. The maximum Gasteiger partial charge on any atom is 0.114 e. The largest absolute Gasteiger partial charge is 0.496 e. The number of hydrogen-bond donors (Lipinski definition) is 1. The average Bonchev–Trinajstić information content (AvgIpc) is 2.77. The van der Waals surface area contributed by atoms with Crippen molar-refractivity contribution in [3.63, 3.8) is 0 Å². The number of likely N-dealkylation sites (N-methyl/N-ethyl adjacent to an activating group) is 1. The molecule has 1 atom stereocenters. The first-order chi connectivity index (χ1) is 7.74. The minimum absolute atomic E-state index is 0.0660. The van der Waals surface area contributed by atoms with Crippen LogP contribution < -0.4 is 5.32 Å². The highest BCUT2D eigenvalue weighted by molar-refractivity contribution is 6.36. The Balaban J connectivity index is 2.40. The standard InChI is InChI=1S/C12H13Cl2NO/c1-15-12(10-6-3-7-16-10)11-8(13)4-2-5-9(11)14/h2,4-6,12,15H,3,7H2,1H3. The SMILES string of the molecule is CNC(C1=CCCO1)c1c(Cl)cccc1Cl. The fourth-order valence-corrected chi connectivity index (χ4v) is 2.47. The lowest BCUT2D eigenvalue weighted by Gasteiger charge is -2.20. The number of ether oxygens (including phenoxy) is 1. The van der Waals surface area contributed by atoms with E-state index in [4.69, 9.17) is 27.9 Å². The Kier molecular flexibility index (Phi) is 3.74. The fraction of sp³-hybridized carbons (Fsp3) is 0.333. The molecule has 0 fully saturated rings. The van der Waals surface area contributed by atoms with Crippen LogP contribution in [-0.2, 0) is 4.74 Å². The van der Waals surface area contributed by atoms with Crippen molar-refractivity contribution >= 4 is 23.2 Å². The van der Waals surface area contributed by atoms with Crippen molar-refractivity contribution < 1.29 is 4.74 Å². The van der Waals surface area contributed by atoms with Crippen LogP contribution in [0.2, 0.25) is 10.0 Å². The van der Waals surface area contributed by atoms with Crippen LogP contribution in [0.3, 0.4) is 0 Å². The van der Waals surface area contributed by atoms with E-state index in [2.05, 4.69) is 11.4 Å². The van der Waals surface area contributed by atoms with Gasteiger partial charge in [0.2, 0.25) is 0 Å². The molecule has 1 aliphatic heterocycles. The second-order valence-corrected chi connectivity index (χ2v) is 4.42. The molecule has 1 unspecified atom stereocenters. The van der Waals surface area contributed by atoms with Gasteiger partial charge in [0.1, 0.15) is 5.76 Å². The van der Waals surface area contributed by atoms with Crippen LogP contribution in [0.5, 0.6) is 0 Å². The predicted molar refractivity (Wildman–Crippen MR) is 66.9 cm³/mol. The summed E-state index contributed by atoms with van der Waals surface area (Å²) in [7, 11) is 1.87. The average molecular weight is 258 g/mol. The van der Waals surface area contributed by atoms with Gasteiger partial charge in [-0.2, -0.15) is 0 Å². The van der Waals surface area contributed by atoms with Crippen LogP contribution in [0.4, 0.5) is 0 Å². The minimum Gasteiger partial charge on any atom is -0.496 e. The molecule has 0 spiro atoms. The second kappa shape index (κ2) is 5.09. The molecule has 2 nitrogen and oxygen atoms in total. The summed E-state index contributed by atoms with van der Waals surface area (Å²) in [4.78, 5) is 0. The first kappa shape index (κ1) is 11.8. The molecular formula is C12H13Cl2NO. The van der Waals surface area contributed by atoms with Gasteiger partial charge >= 0.3 is 0 Å². The summed E-state index contributed by atoms with van der Waals surface area (Å²) < 4.78 is 5.55. The Hall–Kier alpha value is -0.700. The molecule has 0 aliphatic carbocycles. The van der Waals surface area contributed by atoms with Gasteiger partial charge in [0, 0.05) is 22.0 Å². The van der Waals surface area contributed by atoms with Crippen molar-refractivity contribution in [3.05, 3.63) is 45.6 Å². The molecule has 1 aliphatic rings. The van der Waals surface area contributed by atoms with E-state index in [0.29, 0.717) is 10.0 Å². The van der Waals surface area contributed by atoms with Crippen LogP contribution in [0.1, 0.15) is 18.0 Å². The van der Waals surface area contributed by atoms with Gasteiger partial charge in [-0.25, -0.2) is 0 Å². The number of nitrogens with one attached hydrogen (secondary N) is 1. The maximum absolute atomic E-state index is 6.17. The summed E-state index contributed by atoms with van der Waals surface area (Å²) in [5.41, 5.74) is 0.876. The zero-order valence-electron chi connectivity index (χ0n) is 8.97. The van der Waals surface area contributed by atoms with Crippen molar-refractivity contribution in [1.29, 1.82) is 0 Å². The van der Waals surface area contributed by atoms with Crippen molar-refractivity contribution in [1.82, 2.24) is 5.32 Å². The Morgan fingerprint density at radius 2 is 2.00 bits per heavy atom. The first-order valence-electron chi connectivity index (χ1n) is 5.18. The number of benzene rings is 1. The monoisotopic (exact) mass is 257 g/mol. The van der Waals surface area contributed by atoms with Crippen LogP contribution in [-0.4, -0.2) is 13.7 Å². The molecule has 1 N–H and O–H groups in total. The van der Waals surface area contributed by atoms with Crippen LogP contribution >= 0.6 is 23.2 Å². The minimum atomic E-state index is -0.0660. The van der Waals surface area contributed by atoms with Gasteiger partial charge in [0.15, 0.2) is 0 Å². The second-order valence-electron chi connectivity index (χ2n) is 3.60. The highest BCUT2D eigenvalue weighted by Crippen LogP contribution is 2.35. The zero-order chi connectivity index (χ0) is 11.5. The topological polar surface area (TPSA) is 21.3 Å². The van der Waals surface area contributed by atoms with Gasteiger partial charge in [-0.05, 0) is 25.3 Å². The molecule has 0 radical (unpaired) electrons. The van der Waals surface area contributed by atoms with E-state index in [-0.39, 0.29) is 6.04 Å². The molecular weight excluding hydrogens is 245 g/mol. The smallest absolute Gasteiger partial charge is 0.114 e. The Bertz CT molecular complexity index is 397. The molecule has 86 valence electrons. The van der Waals surface area contributed by atoms with E-state index >= 15 is 0 Å². The normalized spacial score (nSPS) is 16.8. The number of rotatable bonds is 3. The van der Waals surface area contributed by atoms with E-state index in [0.717, 1.165) is 24.4 Å². The summed E-state index contributed by atoms with van der Waals surface area (Å²) in [6, 6.07) is 5.44. The Labute approximate surface area is 105 Å². The van der Waals surface area contributed by atoms with Crippen molar-refractivity contribution in [3.8, 4) is 0 Å². The molecule has 0 amide bonds. The Morgan fingerprint density at radius 1 is 1.31 bits per heavy atom. The van der Waals surface area contributed by atoms with Crippen molar-refractivity contribution in [2.24, 2.45) is 0 Å². The molecule has 0 saturated heterocycles. The lowest BCUT2D eigenvalue weighted by molar-refractivity contribution is 0.218. The van der Waals surface area contributed by atoms with Crippen LogP contribution in [0.15, 0.2) is 30.0 Å². The molecule has 4 heteroatoms. The molecule has 2 rings (SSSR count). The lowest BCUT2D eigenvalue weighted by atomic mass is 10.0. The molecule has 1 heterocycles. The molecule has 16 heavy (non-hydrogen) atoms. The zero-order valence-corrected chi connectivity index (χ0v) is 10.5. The number of halogens is 2. The third-order valence-electron chi connectivity index (χ3n) is 2.59. The molecule has 1 aromatic carbocycles. The number of hydrogen-bond acceptors (Lipinski definition) is 2. The van der Waals surface area contributed by atoms with Crippen LogP contribution in [0, 0.1) is 0 Å². The third kappa shape index (κ3) is 2.19. The summed E-state index contributed by atoms with van der Waals surface area (Å²) in [6.45, 7) is 0.732. The van der Waals surface area contributed by atoms with Gasteiger partial charge in [-0.1, -0.05) is 29.3 Å². The van der Waals surface area contributed by atoms with E-state index in [1.54, 1.807) is 0 Å². The highest BCUT2D eigenvalue weighted by Gasteiger charge is 2.23.